The van der Waals surface area contributed by atoms with Crippen LogP contribution in [-0.4, -0.2) is 111 Å². The maximum absolute atomic E-state index is 12.7. The molecule has 0 amide bonds. The lowest BCUT2D eigenvalue weighted by atomic mass is 9.99. The maximum atomic E-state index is 12.7. The number of benzene rings is 3. The molecule has 18 nitrogen and oxygen atoms in total. The Kier molecular flexibility index (Phi) is 9.16. The average Bonchev–Trinajstić information content (AvgIpc) is 2.99. The molecule has 0 radical (unpaired) electrons. The summed E-state index contributed by atoms with van der Waals surface area (Å²) in [5, 5.41) is 119. The third kappa shape index (κ3) is 6.44. The number of esters is 1. The first kappa shape index (κ1) is 32.5. The second-order valence-corrected chi connectivity index (χ2v) is 9.57. The summed E-state index contributed by atoms with van der Waals surface area (Å²) in [4.78, 5) is 24.3. The van der Waals surface area contributed by atoms with Crippen molar-refractivity contribution in [3.8, 4) is 57.5 Å². The molecule has 3 aromatic rings. The first-order valence-corrected chi connectivity index (χ1v) is 12.6. The Balaban J connectivity index is 1.51. The summed E-state index contributed by atoms with van der Waals surface area (Å²) in [6.07, 6.45) is -8.40. The molecule has 3 aromatic carbocycles. The Morgan fingerprint density at radius 3 is 1.96 bits per heavy atom. The number of aromatic hydroxyl groups is 7. The Bertz CT molecular complexity index is 1590. The van der Waals surface area contributed by atoms with Crippen LogP contribution >= 0.6 is 0 Å². The fraction of sp³-hybridized carbons (Fsp3) is 0.259. The van der Waals surface area contributed by atoms with Crippen LogP contribution in [0, 0.1) is 0 Å². The van der Waals surface area contributed by atoms with Gasteiger partial charge in [-0.25, -0.2) is 9.59 Å². The summed E-state index contributed by atoms with van der Waals surface area (Å²) >= 11 is 0. The number of phenols is 7. The van der Waals surface area contributed by atoms with Crippen molar-refractivity contribution in [1.29, 1.82) is 0 Å². The molecule has 4 rings (SSSR count). The topological polar surface area (TPSA) is 314 Å². The number of aliphatic hydroxyl groups excluding tert-OH is 4. The average molecular weight is 638 g/mol. The molecule has 5 atom stereocenters. The third-order valence-corrected chi connectivity index (χ3v) is 6.50. The minimum Gasteiger partial charge on any atom is -0.504 e. The lowest BCUT2D eigenvalue weighted by molar-refractivity contribution is -0.277. The van der Waals surface area contributed by atoms with Gasteiger partial charge < -0.3 is 80.2 Å². The molecule has 1 saturated heterocycles. The van der Waals surface area contributed by atoms with Crippen molar-refractivity contribution in [2.75, 3.05) is 6.61 Å². The molecule has 1 aliphatic heterocycles. The van der Waals surface area contributed by atoms with Gasteiger partial charge in [0.2, 0.25) is 29.3 Å². The van der Waals surface area contributed by atoms with Crippen LogP contribution in [0.4, 0.5) is 0 Å². The summed E-state index contributed by atoms with van der Waals surface area (Å²) in [6.45, 7) is -1.39. The van der Waals surface area contributed by atoms with E-state index in [-0.39, 0.29) is 5.56 Å². The van der Waals surface area contributed by atoms with Crippen molar-refractivity contribution in [2.45, 2.75) is 37.3 Å². The fourth-order valence-electron chi connectivity index (χ4n) is 4.16. The largest absolute Gasteiger partial charge is 0.504 e. The number of rotatable bonds is 9. The second kappa shape index (κ2) is 12.7. The number of carbonyl (C=O) groups excluding carboxylic acids is 1. The van der Waals surface area contributed by atoms with Crippen LogP contribution in [0.25, 0.3) is 0 Å². The molecule has 0 spiro atoms. The van der Waals surface area contributed by atoms with Crippen molar-refractivity contribution in [2.24, 2.45) is 0 Å². The molecule has 1 aliphatic rings. The predicted molar refractivity (Wildman–Crippen MR) is 142 cm³/mol. The Morgan fingerprint density at radius 1 is 0.733 bits per heavy atom. The van der Waals surface area contributed by atoms with Crippen LogP contribution in [0.15, 0.2) is 30.3 Å². The minimum absolute atomic E-state index is 0.0328. The van der Waals surface area contributed by atoms with Gasteiger partial charge in [0.1, 0.15) is 36.6 Å². The van der Waals surface area contributed by atoms with Crippen LogP contribution in [0.3, 0.4) is 0 Å². The van der Waals surface area contributed by atoms with Crippen LogP contribution < -0.4 is 9.47 Å². The number of phenolic OH excluding ortho intramolecular Hbond substituents is 7. The van der Waals surface area contributed by atoms with E-state index in [4.69, 9.17) is 18.9 Å². The number of carbonyl (C=O) groups is 2. The molecule has 242 valence electrons. The molecule has 0 bridgehead atoms. The molecule has 1 heterocycles. The lowest BCUT2D eigenvalue weighted by Gasteiger charge is -2.39. The highest BCUT2D eigenvalue weighted by Crippen LogP contribution is 2.49. The molecule has 0 aliphatic carbocycles. The third-order valence-electron chi connectivity index (χ3n) is 6.50. The van der Waals surface area contributed by atoms with E-state index in [0.717, 1.165) is 24.3 Å². The minimum atomic E-state index is -1.85. The van der Waals surface area contributed by atoms with Gasteiger partial charge in [-0.1, -0.05) is 0 Å². The number of hydrogen-bond acceptors (Lipinski definition) is 17. The van der Waals surface area contributed by atoms with Crippen molar-refractivity contribution >= 4 is 11.9 Å². The lowest BCUT2D eigenvalue weighted by Crippen LogP contribution is -2.60. The smallest absolute Gasteiger partial charge is 0.339 e. The second-order valence-electron chi connectivity index (χ2n) is 9.57. The molecule has 45 heavy (non-hydrogen) atoms. The standard InChI is InChI=1S/C27H26O18/c28-6-16-19(35)20(36)22(38)27(44-16)45-24-13(31)1-8(2-14(24)32)7-42-26(41)9-3-11(29)17(33)15(4-9)43-23-10(25(39)40)5-12(30)18(34)21(23)37/h1-5,16,19-20,22,27-38H,6-7H2,(H,39,40)/t16-,19-,20+,22-,27+/m1/s1. The van der Waals surface area contributed by atoms with Gasteiger partial charge in [-0.05, 0) is 29.8 Å². The Morgan fingerprint density at radius 2 is 1.36 bits per heavy atom. The number of carboxylic acids is 1. The zero-order chi connectivity index (χ0) is 33.3. The van der Waals surface area contributed by atoms with Gasteiger partial charge in [-0.2, -0.15) is 0 Å². The first-order chi connectivity index (χ1) is 21.1. The molecular weight excluding hydrogens is 612 g/mol. The zero-order valence-electron chi connectivity index (χ0n) is 22.5. The van der Waals surface area contributed by atoms with Crippen molar-refractivity contribution in [1.82, 2.24) is 0 Å². The summed E-state index contributed by atoms with van der Waals surface area (Å²) in [6, 6.07) is 4.00. The summed E-state index contributed by atoms with van der Waals surface area (Å²) in [5.74, 6) is -12.2. The fourth-order valence-corrected chi connectivity index (χ4v) is 4.16. The SMILES string of the molecule is O=C(OCc1cc(O)c(O[C@@H]2O[C@H](CO)[C@@H](O)[C@H](O)[C@H]2O)c(O)c1)c1cc(O)c(O)c(Oc2c(C(=O)O)cc(O)c(O)c2O)c1. The van der Waals surface area contributed by atoms with E-state index in [1.54, 1.807) is 0 Å². The summed E-state index contributed by atoms with van der Waals surface area (Å²) in [5.41, 5.74) is -1.39. The quantitative estimate of drug-likeness (QED) is 0.105. The molecule has 0 aromatic heterocycles. The molecule has 12 N–H and O–H groups in total. The zero-order valence-corrected chi connectivity index (χ0v) is 22.5. The molecule has 0 saturated carbocycles. The number of carboxylic acid groups (broad SMARTS) is 1. The molecule has 18 heteroatoms. The van der Waals surface area contributed by atoms with Gasteiger partial charge in [0.15, 0.2) is 34.5 Å². The first-order valence-electron chi connectivity index (χ1n) is 12.6. The van der Waals surface area contributed by atoms with E-state index in [1.165, 1.54) is 0 Å². The van der Waals surface area contributed by atoms with Gasteiger partial charge in [0.05, 0.1) is 12.2 Å². The Labute approximate surface area is 250 Å². The van der Waals surface area contributed by atoms with Gasteiger partial charge in [-0.15, -0.1) is 0 Å². The van der Waals surface area contributed by atoms with E-state index < -0.39 is 124 Å². The molecular formula is C27H26O18. The van der Waals surface area contributed by atoms with E-state index in [9.17, 15) is 70.9 Å². The molecule has 0 unspecified atom stereocenters. The van der Waals surface area contributed by atoms with Crippen molar-refractivity contribution in [3.63, 3.8) is 0 Å². The monoisotopic (exact) mass is 638 g/mol. The van der Waals surface area contributed by atoms with E-state index in [2.05, 4.69) is 0 Å². The predicted octanol–water partition coefficient (Wildman–Crippen LogP) is -0.348. The van der Waals surface area contributed by atoms with Crippen LogP contribution in [0.5, 0.6) is 57.5 Å². The number of ether oxygens (including phenoxy) is 4. The highest BCUT2D eigenvalue weighted by molar-refractivity contribution is 5.94. The Hall–Kier alpha value is -5.40. The van der Waals surface area contributed by atoms with E-state index in [1.807, 2.05) is 0 Å². The number of aromatic carboxylic acids is 1. The number of hydrogen-bond donors (Lipinski definition) is 12. The molecule has 1 fully saturated rings. The normalized spacial score (nSPS) is 21.2. The van der Waals surface area contributed by atoms with E-state index >= 15 is 0 Å². The van der Waals surface area contributed by atoms with Crippen LogP contribution in [0.1, 0.15) is 26.3 Å². The summed E-state index contributed by atoms with van der Waals surface area (Å²) < 4.78 is 20.7. The maximum Gasteiger partial charge on any atom is 0.339 e. The van der Waals surface area contributed by atoms with Gasteiger partial charge >= 0.3 is 11.9 Å². The van der Waals surface area contributed by atoms with Crippen molar-refractivity contribution in [3.05, 3.63) is 47.0 Å². The van der Waals surface area contributed by atoms with Crippen LogP contribution in [-0.2, 0) is 16.1 Å². The summed E-state index contributed by atoms with van der Waals surface area (Å²) in [7, 11) is 0. The van der Waals surface area contributed by atoms with E-state index in [0.29, 0.717) is 6.07 Å². The van der Waals surface area contributed by atoms with Gasteiger partial charge in [-0.3, -0.25) is 0 Å². The highest BCUT2D eigenvalue weighted by Gasteiger charge is 2.45. The van der Waals surface area contributed by atoms with Gasteiger partial charge in [0.25, 0.3) is 0 Å². The van der Waals surface area contributed by atoms with Crippen LogP contribution in [0.2, 0.25) is 0 Å². The number of aliphatic hydroxyl groups is 4. The van der Waals surface area contributed by atoms with Crippen molar-refractivity contribution < 1.29 is 89.8 Å². The highest BCUT2D eigenvalue weighted by atomic mass is 16.7. The van der Waals surface area contributed by atoms with Gasteiger partial charge in [0, 0.05) is 6.07 Å².